The van der Waals surface area contributed by atoms with Crippen LogP contribution in [0.2, 0.25) is 0 Å². The molecule has 1 fully saturated rings. The van der Waals surface area contributed by atoms with E-state index in [1.807, 2.05) is 18.5 Å². The Kier molecular flexibility index (Phi) is 4.21. The van der Waals surface area contributed by atoms with E-state index in [4.69, 9.17) is 5.10 Å². The Labute approximate surface area is 136 Å². The van der Waals surface area contributed by atoms with Gasteiger partial charge in [-0.2, -0.15) is 5.10 Å². The highest BCUT2D eigenvalue weighted by Gasteiger charge is 2.19. The lowest BCUT2D eigenvalue weighted by Gasteiger charge is -2.21. The maximum atomic E-state index is 4.75. The minimum Gasteiger partial charge on any atom is -0.339 e. The van der Waals surface area contributed by atoms with Crippen molar-refractivity contribution in [2.75, 3.05) is 37.6 Å². The summed E-state index contributed by atoms with van der Waals surface area (Å²) in [6.45, 7) is 7.99. The van der Waals surface area contributed by atoms with Crippen LogP contribution in [0.3, 0.4) is 0 Å². The van der Waals surface area contributed by atoms with Gasteiger partial charge in [0.2, 0.25) is 5.95 Å². The molecule has 0 amide bonds. The average Bonchev–Trinajstić information content (AvgIpc) is 2.86. The third-order valence-corrected chi connectivity index (χ3v) is 4.53. The summed E-state index contributed by atoms with van der Waals surface area (Å²) in [7, 11) is 0. The van der Waals surface area contributed by atoms with Gasteiger partial charge < -0.3 is 10.2 Å². The molecule has 122 valence electrons. The van der Waals surface area contributed by atoms with Gasteiger partial charge in [0.05, 0.1) is 17.9 Å². The van der Waals surface area contributed by atoms with E-state index in [1.165, 1.54) is 11.4 Å². The summed E-state index contributed by atoms with van der Waals surface area (Å²) in [5, 5.41) is 8.15. The van der Waals surface area contributed by atoms with Crippen molar-refractivity contribution < 1.29 is 0 Å². The predicted octanol–water partition coefficient (Wildman–Crippen LogP) is 0.489. The smallest absolute Gasteiger partial charge is 0.225 e. The minimum atomic E-state index is 0.845. The number of nitrogens with one attached hydrogen (secondary N) is 1. The highest BCUT2D eigenvalue weighted by atomic mass is 15.3. The molecule has 2 aromatic heterocycles. The molecule has 0 bridgehead atoms. The van der Waals surface area contributed by atoms with Gasteiger partial charge in [-0.15, -0.1) is 0 Å². The minimum absolute atomic E-state index is 0.845. The fourth-order valence-corrected chi connectivity index (χ4v) is 3.34. The molecule has 4 heterocycles. The molecule has 0 aromatic carbocycles. The van der Waals surface area contributed by atoms with Crippen molar-refractivity contribution in [1.82, 2.24) is 30.0 Å². The molecule has 0 atom stereocenters. The molecule has 0 spiro atoms. The molecule has 23 heavy (non-hydrogen) atoms. The molecule has 0 saturated carbocycles. The van der Waals surface area contributed by atoms with Crippen molar-refractivity contribution >= 4 is 5.95 Å². The molecule has 2 aromatic rings. The van der Waals surface area contributed by atoms with Crippen LogP contribution >= 0.6 is 0 Å². The Hall–Kier alpha value is -1.99. The van der Waals surface area contributed by atoms with Crippen LogP contribution in [0.4, 0.5) is 5.95 Å². The predicted molar refractivity (Wildman–Crippen MR) is 88.1 cm³/mol. The van der Waals surface area contributed by atoms with Gasteiger partial charge in [-0.25, -0.2) is 9.97 Å². The summed E-state index contributed by atoms with van der Waals surface area (Å²) in [6.07, 6.45) is 4.76. The van der Waals surface area contributed by atoms with Gasteiger partial charge in [0.25, 0.3) is 0 Å². The monoisotopic (exact) mass is 313 g/mol. The molecule has 0 radical (unpaired) electrons. The van der Waals surface area contributed by atoms with Crippen LogP contribution in [0.25, 0.3) is 0 Å². The maximum absolute atomic E-state index is 4.75. The molecule has 1 saturated heterocycles. The van der Waals surface area contributed by atoms with E-state index in [2.05, 4.69) is 35.8 Å². The average molecular weight is 313 g/mol. The number of hydrogen-bond acceptors (Lipinski definition) is 6. The van der Waals surface area contributed by atoms with Crippen LogP contribution in [0.15, 0.2) is 24.5 Å². The second-order valence-electron chi connectivity index (χ2n) is 6.19. The summed E-state index contributed by atoms with van der Waals surface area (Å²) in [4.78, 5) is 13.5. The highest BCUT2D eigenvalue weighted by Crippen LogP contribution is 2.14. The normalized spacial score (nSPS) is 19.4. The SMILES string of the molecule is c1cnc(N2CCCN(Cc3cc4n(n3)CCNC4)CC2)nc1. The summed E-state index contributed by atoms with van der Waals surface area (Å²) in [6, 6.07) is 4.11. The zero-order valence-electron chi connectivity index (χ0n) is 13.4. The van der Waals surface area contributed by atoms with Gasteiger partial charge in [-0.3, -0.25) is 9.58 Å². The van der Waals surface area contributed by atoms with E-state index in [-0.39, 0.29) is 0 Å². The topological polar surface area (TPSA) is 62.1 Å². The number of rotatable bonds is 3. The lowest BCUT2D eigenvalue weighted by molar-refractivity contribution is 0.280. The second kappa shape index (κ2) is 6.64. The number of fused-ring (bicyclic) bond motifs is 1. The molecule has 1 N–H and O–H groups in total. The van der Waals surface area contributed by atoms with Crippen molar-refractivity contribution in [2.24, 2.45) is 0 Å². The van der Waals surface area contributed by atoms with Gasteiger partial charge in [0, 0.05) is 58.2 Å². The highest BCUT2D eigenvalue weighted by molar-refractivity contribution is 5.28. The van der Waals surface area contributed by atoms with E-state index in [9.17, 15) is 0 Å². The summed E-state index contributed by atoms with van der Waals surface area (Å²) < 4.78 is 2.15. The molecule has 0 unspecified atom stereocenters. The van der Waals surface area contributed by atoms with Gasteiger partial charge in [0.15, 0.2) is 0 Å². The third-order valence-electron chi connectivity index (χ3n) is 4.53. The first-order chi connectivity index (χ1) is 11.4. The number of anilines is 1. The van der Waals surface area contributed by atoms with Crippen molar-refractivity contribution in [3.63, 3.8) is 0 Å². The van der Waals surface area contributed by atoms with Crippen molar-refractivity contribution in [3.8, 4) is 0 Å². The van der Waals surface area contributed by atoms with Gasteiger partial charge in [0.1, 0.15) is 0 Å². The third kappa shape index (κ3) is 3.35. The molecular formula is C16H23N7. The van der Waals surface area contributed by atoms with E-state index < -0.39 is 0 Å². The summed E-state index contributed by atoms with van der Waals surface area (Å²) in [5.41, 5.74) is 2.49. The second-order valence-corrected chi connectivity index (χ2v) is 6.19. The van der Waals surface area contributed by atoms with Crippen LogP contribution in [0.1, 0.15) is 17.8 Å². The lowest BCUT2D eigenvalue weighted by atomic mass is 10.3. The Morgan fingerprint density at radius 1 is 1.04 bits per heavy atom. The molecule has 7 nitrogen and oxygen atoms in total. The molecule has 2 aliphatic rings. The number of hydrogen-bond donors (Lipinski definition) is 1. The molecule has 7 heteroatoms. The van der Waals surface area contributed by atoms with Crippen LogP contribution in [-0.4, -0.2) is 57.4 Å². The summed E-state index contributed by atoms with van der Waals surface area (Å²) >= 11 is 0. The van der Waals surface area contributed by atoms with Crippen molar-refractivity contribution in [3.05, 3.63) is 35.9 Å². The number of aromatic nitrogens is 4. The molecule has 2 aliphatic heterocycles. The largest absolute Gasteiger partial charge is 0.339 e. The van der Waals surface area contributed by atoms with Crippen LogP contribution in [0, 0.1) is 0 Å². The Balaban J connectivity index is 1.38. The maximum Gasteiger partial charge on any atom is 0.225 e. The van der Waals surface area contributed by atoms with Gasteiger partial charge >= 0.3 is 0 Å². The fourth-order valence-electron chi connectivity index (χ4n) is 3.34. The molecular weight excluding hydrogens is 290 g/mol. The van der Waals surface area contributed by atoms with Gasteiger partial charge in [-0.05, 0) is 18.6 Å². The van der Waals surface area contributed by atoms with Crippen molar-refractivity contribution in [2.45, 2.75) is 26.1 Å². The first-order valence-corrected chi connectivity index (χ1v) is 8.39. The van der Waals surface area contributed by atoms with Crippen LogP contribution in [0.5, 0.6) is 0 Å². The first kappa shape index (κ1) is 14.6. The Morgan fingerprint density at radius 3 is 2.83 bits per heavy atom. The van der Waals surface area contributed by atoms with Crippen LogP contribution in [-0.2, 0) is 19.6 Å². The standard InChI is InChI=1S/C16H23N7/c1-3-18-16(19-4-1)22-7-2-6-21(9-10-22)13-14-11-15-12-17-5-8-23(15)20-14/h1,3-4,11,17H,2,5-10,12-13H2. The quantitative estimate of drug-likeness (QED) is 0.890. The van der Waals surface area contributed by atoms with E-state index in [0.717, 1.165) is 64.7 Å². The Bertz CT molecular complexity index is 616. The Morgan fingerprint density at radius 2 is 1.96 bits per heavy atom. The zero-order chi connectivity index (χ0) is 15.5. The van der Waals surface area contributed by atoms with E-state index >= 15 is 0 Å². The summed E-state index contributed by atoms with van der Waals surface area (Å²) in [5.74, 6) is 0.845. The zero-order valence-corrected chi connectivity index (χ0v) is 13.4. The van der Waals surface area contributed by atoms with Crippen LogP contribution < -0.4 is 10.2 Å². The molecule has 0 aliphatic carbocycles. The van der Waals surface area contributed by atoms with E-state index in [0.29, 0.717) is 0 Å². The first-order valence-electron chi connectivity index (χ1n) is 8.39. The lowest BCUT2D eigenvalue weighted by Crippen LogP contribution is -2.31. The van der Waals surface area contributed by atoms with E-state index in [1.54, 1.807) is 0 Å². The fraction of sp³-hybridized carbons (Fsp3) is 0.562. The van der Waals surface area contributed by atoms with Gasteiger partial charge in [-0.1, -0.05) is 0 Å². The van der Waals surface area contributed by atoms with Crippen molar-refractivity contribution in [1.29, 1.82) is 0 Å². The number of nitrogens with zero attached hydrogens (tertiary/aromatic N) is 6. The molecule has 4 rings (SSSR count).